The van der Waals surface area contributed by atoms with Gasteiger partial charge in [-0.05, 0) is 62.4 Å². The predicted molar refractivity (Wildman–Crippen MR) is 91.2 cm³/mol. The van der Waals surface area contributed by atoms with Crippen molar-refractivity contribution in [3.05, 3.63) is 41.5 Å². The number of benzene rings is 1. The Morgan fingerprint density at radius 1 is 1.25 bits per heavy atom. The lowest BCUT2D eigenvalue weighted by molar-refractivity contribution is 0.669. The normalized spacial score (nSPS) is 14.6. The molecule has 1 aliphatic carbocycles. The average Bonchev–Trinajstić information content (AvgIpc) is 2.49. The van der Waals surface area contributed by atoms with Crippen molar-refractivity contribution in [1.82, 2.24) is 5.32 Å². The number of hydrogen-bond donors (Lipinski definition) is 2. The number of aryl methyl sites for hydroxylation is 1. The fourth-order valence-corrected chi connectivity index (χ4v) is 2.80. The van der Waals surface area contributed by atoms with Crippen molar-refractivity contribution in [3.8, 4) is 0 Å². The zero-order valence-corrected chi connectivity index (χ0v) is 13.1. The first kappa shape index (κ1) is 15.0. The van der Waals surface area contributed by atoms with E-state index < -0.39 is 0 Å². The molecule has 0 heterocycles. The molecule has 2 nitrogen and oxygen atoms in total. The first-order valence-corrected chi connectivity index (χ1v) is 8.01. The maximum Gasteiger partial charge on any atom is 0.170 e. The Morgan fingerprint density at radius 3 is 2.85 bits per heavy atom. The van der Waals surface area contributed by atoms with Crippen LogP contribution < -0.4 is 10.6 Å². The minimum atomic E-state index is 0.724. The highest BCUT2D eigenvalue weighted by molar-refractivity contribution is 7.80. The highest BCUT2D eigenvalue weighted by atomic mass is 32.1. The average molecular weight is 288 g/mol. The minimum Gasteiger partial charge on any atom is -0.362 e. The maximum atomic E-state index is 5.37. The Balaban J connectivity index is 1.76. The smallest absolute Gasteiger partial charge is 0.170 e. The number of anilines is 1. The van der Waals surface area contributed by atoms with Gasteiger partial charge < -0.3 is 10.6 Å². The first-order valence-electron chi connectivity index (χ1n) is 7.60. The summed E-state index contributed by atoms with van der Waals surface area (Å²) in [6.45, 7) is 3.08. The Bertz CT molecular complexity index is 480. The summed E-state index contributed by atoms with van der Waals surface area (Å²) in [5.74, 6) is 0. The molecule has 0 spiro atoms. The molecule has 20 heavy (non-hydrogen) atoms. The number of rotatable bonds is 5. The molecule has 0 atom stereocenters. The van der Waals surface area contributed by atoms with Crippen molar-refractivity contribution < 1.29 is 0 Å². The van der Waals surface area contributed by atoms with Gasteiger partial charge in [-0.1, -0.05) is 36.8 Å². The highest BCUT2D eigenvalue weighted by Gasteiger charge is 2.05. The van der Waals surface area contributed by atoms with Gasteiger partial charge in [0.15, 0.2) is 5.11 Å². The summed E-state index contributed by atoms with van der Waals surface area (Å²) in [5.41, 5.74) is 4.00. The summed E-state index contributed by atoms with van der Waals surface area (Å²) in [6.07, 6.45) is 9.73. The SMILES string of the molecule is CCc1ccccc1NC(=S)NCCC1=CCCCC1. The van der Waals surface area contributed by atoms with Crippen LogP contribution >= 0.6 is 12.2 Å². The molecule has 0 saturated heterocycles. The minimum absolute atomic E-state index is 0.724. The summed E-state index contributed by atoms with van der Waals surface area (Å²) in [4.78, 5) is 0. The van der Waals surface area contributed by atoms with Gasteiger partial charge in [0.2, 0.25) is 0 Å². The Labute approximate surface area is 127 Å². The number of thiocarbonyl (C=S) groups is 1. The van der Waals surface area contributed by atoms with E-state index in [1.165, 1.54) is 31.2 Å². The van der Waals surface area contributed by atoms with Gasteiger partial charge >= 0.3 is 0 Å². The van der Waals surface area contributed by atoms with Crippen molar-refractivity contribution in [2.45, 2.75) is 45.4 Å². The van der Waals surface area contributed by atoms with Gasteiger partial charge in [0.1, 0.15) is 0 Å². The van der Waals surface area contributed by atoms with E-state index in [0.29, 0.717) is 0 Å². The molecule has 1 aliphatic rings. The van der Waals surface area contributed by atoms with Gasteiger partial charge in [-0.25, -0.2) is 0 Å². The third kappa shape index (κ3) is 4.64. The zero-order valence-electron chi connectivity index (χ0n) is 12.2. The molecule has 0 radical (unpaired) electrons. The molecule has 108 valence electrons. The van der Waals surface area contributed by atoms with E-state index >= 15 is 0 Å². The van der Waals surface area contributed by atoms with Crippen LogP contribution in [0.3, 0.4) is 0 Å². The molecule has 0 aromatic heterocycles. The molecule has 1 aromatic rings. The Kier molecular flexibility index (Phi) is 6.06. The third-order valence-corrected chi connectivity index (χ3v) is 4.01. The molecule has 2 N–H and O–H groups in total. The van der Waals surface area contributed by atoms with E-state index in [1.54, 1.807) is 5.57 Å². The van der Waals surface area contributed by atoms with Gasteiger partial charge in [0.05, 0.1) is 0 Å². The summed E-state index contributed by atoms with van der Waals surface area (Å²) in [6, 6.07) is 8.32. The summed E-state index contributed by atoms with van der Waals surface area (Å²) >= 11 is 5.37. The fourth-order valence-electron chi connectivity index (χ4n) is 2.59. The van der Waals surface area contributed by atoms with Crippen LogP contribution in [0.25, 0.3) is 0 Å². The van der Waals surface area contributed by atoms with Gasteiger partial charge in [-0.2, -0.15) is 0 Å². The predicted octanol–water partition coefficient (Wildman–Crippen LogP) is 4.43. The lowest BCUT2D eigenvalue weighted by Crippen LogP contribution is -2.29. The fraction of sp³-hybridized carbons (Fsp3) is 0.471. The lowest BCUT2D eigenvalue weighted by atomic mass is 9.97. The molecule has 2 rings (SSSR count). The van der Waals surface area contributed by atoms with Crippen molar-refractivity contribution in [3.63, 3.8) is 0 Å². The van der Waals surface area contributed by atoms with E-state index in [-0.39, 0.29) is 0 Å². The summed E-state index contributed by atoms with van der Waals surface area (Å²) in [7, 11) is 0. The van der Waals surface area contributed by atoms with Crippen LogP contribution in [0.15, 0.2) is 35.9 Å². The topological polar surface area (TPSA) is 24.1 Å². The zero-order chi connectivity index (χ0) is 14.2. The maximum absolute atomic E-state index is 5.37. The second-order valence-electron chi connectivity index (χ2n) is 5.25. The number of hydrogen-bond acceptors (Lipinski definition) is 1. The molecule has 0 unspecified atom stereocenters. The van der Waals surface area contributed by atoms with Crippen LogP contribution in [-0.2, 0) is 6.42 Å². The van der Waals surface area contributed by atoms with E-state index in [1.807, 2.05) is 6.07 Å². The quantitative estimate of drug-likeness (QED) is 0.619. The second-order valence-corrected chi connectivity index (χ2v) is 5.66. The number of nitrogens with one attached hydrogen (secondary N) is 2. The summed E-state index contributed by atoms with van der Waals surface area (Å²) in [5, 5.41) is 7.33. The molecule has 0 bridgehead atoms. The van der Waals surface area contributed by atoms with Crippen molar-refractivity contribution >= 4 is 23.0 Å². The van der Waals surface area contributed by atoms with Crippen molar-refractivity contribution in [2.75, 3.05) is 11.9 Å². The second kappa shape index (κ2) is 8.05. The Morgan fingerprint density at radius 2 is 2.10 bits per heavy atom. The molecule has 3 heteroatoms. The highest BCUT2D eigenvalue weighted by Crippen LogP contribution is 2.19. The molecule has 0 saturated carbocycles. The number of para-hydroxylation sites is 1. The summed E-state index contributed by atoms with van der Waals surface area (Å²) < 4.78 is 0. The van der Waals surface area contributed by atoms with Crippen LogP contribution in [0.2, 0.25) is 0 Å². The van der Waals surface area contributed by atoms with Crippen LogP contribution in [-0.4, -0.2) is 11.7 Å². The van der Waals surface area contributed by atoms with E-state index in [4.69, 9.17) is 12.2 Å². The van der Waals surface area contributed by atoms with Crippen molar-refractivity contribution in [1.29, 1.82) is 0 Å². The van der Waals surface area contributed by atoms with Crippen LogP contribution in [0.5, 0.6) is 0 Å². The van der Waals surface area contributed by atoms with E-state index in [2.05, 4.69) is 41.8 Å². The van der Waals surface area contributed by atoms with Gasteiger partial charge in [0.25, 0.3) is 0 Å². The molecule has 0 aliphatic heterocycles. The van der Waals surface area contributed by atoms with Gasteiger partial charge in [0, 0.05) is 12.2 Å². The van der Waals surface area contributed by atoms with Crippen molar-refractivity contribution in [2.24, 2.45) is 0 Å². The van der Waals surface area contributed by atoms with Gasteiger partial charge in [-0.3, -0.25) is 0 Å². The molecule has 0 amide bonds. The third-order valence-electron chi connectivity index (χ3n) is 3.76. The van der Waals surface area contributed by atoms with Gasteiger partial charge in [-0.15, -0.1) is 0 Å². The monoisotopic (exact) mass is 288 g/mol. The molecule has 1 aromatic carbocycles. The first-order chi connectivity index (χ1) is 9.79. The molecular weight excluding hydrogens is 264 g/mol. The van der Waals surface area contributed by atoms with Crippen LogP contribution in [0, 0.1) is 0 Å². The molecular formula is C17H24N2S. The lowest BCUT2D eigenvalue weighted by Gasteiger charge is -2.15. The Hall–Kier alpha value is -1.35. The number of allylic oxidation sites excluding steroid dienone is 1. The van der Waals surface area contributed by atoms with Crippen LogP contribution in [0.4, 0.5) is 5.69 Å². The standard InChI is InChI=1S/C17H24N2S/c1-2-15-10-6-7-11-16(15)19-17(20)18-13-12-14-8-4-3-5-9-14/h6-8,10-11H,2-5,9,12-13H2,1H3,(H2,18,19,20). The van der Waals surface area contributed by atoms with E-state index in [9.17, 15) is 0 Å². The van der Waals surface area contributed by atoms with Crippen LogP contribution in [0.1, 0.15) is 44.6 Å². The largest absolute Gasteiger partial charge is 0.362 e. The van der Waals surface area contributed by atoms with E-state index in [0.717, 1.165) is 30.2 Å². The molecule has 0 fully saturated rings.